The third kappa shape index (κ3) is 6.29. The fraction of sp³-hybridized carbons (Fsp3) is 0.519. The van der Waals surface area contributed by atoms with E-state index in [1.807, 2.05) is 35.2 Å². The lowest BCUT2D eigenvalue weighted by atomic mass is 9.81. The Morgan fingerprint density at radius 1 is 1.03 bits per heavy atom. The van der Waals surface area contributed by atoms with E-state index in [0.29, 0.717) is 44.5 Å². The van der Waals surface area contributed by atoms with Crippen molar-refractivity contribution in [2.24, 2.45) is 0 Å². The number of rotatable bonds is 6. The maximum Gasteiger partial charge on any atom is 0.416 e. The number of nitrogens with zero attached hydrogens (tertiary/aromatic N) is 1. The van der Waals surface area contributed by atoms with Crippen LogP contribution in [0.3, 0.4) is 0 Å². The number of halogens is 6. The topological polar surface area (TPSA) is 41.6 Å². The Morgan fingerprint density at radius 3 is 2.22 bits per heavy atom. The van der Waals surface area contributed by atoms with E-state index in [4.69, 9.17) is 4.74 Å². The van der Waals surface area contributed by atoms with Gasteiger partial charge in [-0.2, -0.15) is 26.3 Å². The predicted molar refractivity (Wildman–Crippen MR) is 126 cm³/mol. The van der Waals surface area contributed by atoms with Gasteiger partial charge in [-0.1, -0.05) is 30.3 Å². The summed E-state index contributed by atoms with van der Waals surface area (Å²) in [6, 6.07) is 11.0. The Hall–Kier alpha value is -2.59. The van der Waals surface area contributed by atoms with E-state index in [1.165, 1.54) is 6.92 Å². The smallest absolute Gasteiger partial charge is 0.372 e. The van der Waals surface area contributed by atoms with Crippen molar-refractivity contribution in [3.8, 4) is 0 Å². The number of hydrogen-bond donors (Lipinski definition) is 1. The molecule has 2 aromatic carbocycles. The van der Waals surface area contributed by atoms with Crippen molar-refractivity contribution in [2.75, 3.05) is 19.7 Å². The van der Waals surface area contributed by atoms with Crippen LogP contribution < -0.4 is 5.32 Å². The highest BCUT2D eigenvalue weighted by Crippen LogP contribution is 2.39. The molecule has 2 fully saturated rings. The van der Waals surface area contributed by atoms with E-state index in [2.05, 4.69) is 5.32 Å². The van der Waals surface area contributed by atoms with Crippen LogP contribution in [0.2, 0.25) is 0 Å². The highest BCUT2D eigenvalue weighted by molar-refractivity contribution is 5.77. The van der Waals surface area contributed by atoms with Crippen LogP contribution in [-0.4, -0.2) is 36.5 Å². The van der Waals surface area contributed by atoms with E-state index in [-0.39, 0.29) is 30.2 Å². The minimum atomic E-state index is -4.92. The third-order valence-corrected chi connectivity index (χ3v) is 7.37. The van der Waals surface area contributed by atoms with Crippen LogP contribution >= 0.6 is 0 Å². The van der Waals surface area contributed by atoms with Crippen molar-refractivity contribution in [1.29, 1.82) is 0 Å². The van der Waals surface area contributed by atoms with E-state index >= 15 is 0 Å². The Kier molecular flexibility index (Phi) is 7.90. The molecule has 1 amide bonds. The van der Waals surface area contributed by atoms with Gasteiger partial charge in [0.15, 0.2) is 0 Å². The van der Waals surface area contributed by atoms with Gasteiger partial charge in [0.2, 0.25) is 5.91 Å². The second kappa shape index (κ2) is 10.6. The zero-order valence-corrected chi connectivity index (χ0v) is 20.5. The Morgan fingerprint density at radius 2 is 1.68 bits per heavy atom. The summed E-state index contributed by atoms with van der Waals surface area (Å²) in [4.78, 5) is 14.3. The minimum Gasteiger partial charge on any atom is -0.372 e. The van der Waals surface area contributed by atoms with Crippen LogP contribution in [0.25, 0.3) is 0 Å². The fourth-order valence-corrected chi connectivity index (χ4v) is 5.18. The number of likely N-dealkylation sites (tertiary alicyclic amines) is 1. The summed E-state index contributed by atoms with van der Waals surface area (Å²) in [5.74, 6) is 0.139. The zero-order valence-electron chi connectivity index (χ0n) is 20.5. The van der Waals surface area contributed by atoms with Crippen LogP contribution in [0.5, 0.6) is 0 Å². The lowest BCUT2D eigenvalue weighted by molar-refractivity contribution is -0.143. The molecule has 0 radical (unpaired) electrons. The highest BCUT2D eigenvalue weighted by atomic mass is 19.4. The Balaban J connectivity index is 1.54. The van der Waals surface area contributed by atoms with Crippen molar-refractivity contribution in [3.05, 3.63) is 70.8 Å². The SMILES string of the molecule is C[C@@H](OC[C@@]1(c2ccccc2)CC[C@H](N2CCCCC2=O)CN1)c1cc(C(F)(F)F)cc(C(F)(F)F)c1. The standard InChI is InChI=1S/C27H30F6N2O2/c1-18(19-13-21(26(28,29)30)15-22(14-19)27(31,32)33)37-17-25(20-7-3-2-4-8-20)11-10-23(16-34-25)35-12-6-5-9-24(35)36/h2-4,7-8,13-15,18,23,34H,5-6,9-12,16-17H2,1H3/t18-,23+,25-/m1/s1. The summed E-state index contributed by atoms with van der Waals surface area (Å²) in [5, 5.41) is 3.52. The quantitative estimate of drug-likeness (QED) is 0.438. The monoisotopic (exact) mass is 528 g/mol. The van der Waals surface area contributed by atoms with Gasteiger partial charge in [-0.25, -0.2) is 0 Å². The van der Waals surface area contributed by atoms with Crippen molar-refractivity contribution < 1.29 is 35.9 Å². The molecule has 0 spiro atoms. The number of amides is 1. The molecule has 3 atom stereocenters. The van der Waals surface area contributed by atoms with Crippen molar-refractivity contribution in [2.45, 2.75) is 69.1 Å². The molecule has 10 heteroatoms. The van der Waals surface area contributed by atoms with Crippen molar-refractivity contribution in [1.82, 2.24) is 10.2 Å². The lowest BCUT2D eigenvalue weighted by Crippen LogP contribution is -2.58. The molecule has 4 rings (SSSR count). The van der Waals surface area contributed by atoms with E-state index in [1.54, 1.807) is 0 Å². The van der Waals surface area contributed by atoms with Gasteiger partial charge in [0, 0.05) is 25.6 Å². The predicted octanol–water partition coefficient (Wildman–Crippen LogP) is 6.46. The number of piperidine rings is 2. The van der Waals surface area contributed by atoms with Crippen molar-refractivity contribution in [3.63, 3.8) is 0 Å². The first-order valence-corrected chi connectivity index (χ1v) is 12.4. The van der Waals surface area contributed by atoms with Gasteiger partial charge >= 0.3 is 12.4 Å². The molecule has 4 nitrogen and oxygen atoms in total. The molecule has 37 heavy (non-hydrogen) atoms. The van der Waals surface area contributed by atoms with Crippen molar-refractivity contribution >= 4 is 5.91 Å². The second-order valence-corrected chi connectivity index (χ2v) is 9.86. The van der Waals surface area contributed by atoms with Crippen LogP contribution in [0, 0.1) is 0 Å². The Labute approximate surface area is 212 Å². The van der Waals surface area contributed by atoms with Crippen LogP contribution in [0.15, 0.2) is 48.5 Å². The maximum absolute atomic E-state index is 13.3. The zero-order chi connectivity index (χ0) is 26.8. The van der Waals surface area contributed by atoms with E-state index in [0.717, 1.165) is 18.4 Å². The molecule has 2 aromatic rings. The van der Waals surface area contributed by atoms with Gasteiger partial charge in [-0.15, -0.1) is 0 Å². The molecule has 0 aliphatic carbocycles. The molecule has 2 saturated heterocycles. The van der Waals surface area contributed by atoms with Crippen LogP contribution in [0.1, 0.15) is 67.4 Å². The summed E-state index contributed by atoms with van der Waals surface area (Å²) in [5.41, 5.74) is -2.71. The first-order valence-electron chi connectivity index (χ1n) is 12.4. The number of carbonyl (C=O) groups excluding carboxylic acids is 1. The number of alkyl halides is 6. The van der Waals surface area contributed by atoms with Gasteiger partial charge in [0.1, 0.15) is 0 Å². The number of benzene rings is 2. The minimum absolute atomic E-state index is 0.0277. The molecule has 202 valence electrons. The molecule has 0 unspecified atom stereocenters. The number of hydrogen-bond acceptors (Lipinski definition) is 3. The summed E-state index contributed by atoms with van der Waals surface area (Å²) < 4.78 is 86.0. The van der Waals surface area contributed by atoms with Crippen LogP contribution in [0.4, 0.5) is 26.3 Å². The molecular formula is C27H30F6N2O2. The molecule has 0 bridgehead atoms. The van der Waals surface area contributed by atoms with Gasteiger partial charge in [0.25, 0.3) is 0 Å². The van der Waals surface area contributed by atoms with E-state index in [9.17, 15) is 31.1 Å². The first kappa shape index (κ1) is 27.4. The Bertz CT molecular complexity index is 1050. The first-order chi connectivity index (χ1) is 17.4. The largest absolute Gasteiger partial charge is 0.416 e. The average Bonchev–Trinajstić information content (AvgIpc) is 2.87. The molecule has 0 saturated carbocycles. The summed E-state index contributed by atoms with van der Waals surface area (Å²) >= 11 is 0. The highest BCUT2D eigenvalue weighted by Gasteiger charge is 2.41. The summed E-state index contributed by atoms with van der Waals surface area (Å²) in [7, 11) is 0. The van der Waals surface area contributed by atoms with Crippen LogP contribution in [-0.2, 0) is 27.4 Å². The van der Waals surface area contributed by atoms with Gasteiger partial charge in [-0.3, -0.25) is 4.79 Å². The number of ether oxygens (including phenoxy) is 1. The maximum atomic E-state index is 13.3. The average molecular weight is 529 g/mol. The van der Waals surface area contributed by atoms with E-state index < -0.39 is 35.1 Å². The molecule has 2 heterocycles. The summed E-state index contributed by atoms with van der Waals surface area (Å²) in [6.45, 7) is 2.72. The second-order valence-electron chi connectivity index (χ2n) is 9.86. The normalized spacial score (nSPS) is 24.2. The molecule has 1 N–H and O–H groups in total. The fourth-order valence-electron chi connectivity index (χ4n) is 5.18. The third-order valence-electron chi connectivity index (χ3n) is 7.37. The van der Waals surface area contributed by atoms with Gasteiger partial charge < -0.3 is 15.0 Å². The molecule has 2 aliphatic rings. The van der Waals surface area contributed by atoms with Gasteiger partial charge in [0.05, 0.1) is 29.4 Å². The number of nitrogens with one attached hydrogen (secondary N) is 1. The summed E-state index contributed by atoms with van der Waals surface area (Å²) in [6.07, 6.45) is -7.18. The number of carbonyl (C=O) groups is 1. The lowest BCUT2D eigenvalue weighted by Gasteiger charge is -2.46. The molecular weight excluding hydrogens is 498 g/mol. The molecule has 2 aliphatic heterocycles. The van der Waals surface area contributed by atoms with Gasteiger partial charge in [-0.05, 0) is 61.9 Å². The molecule has 0 aromatic heterocycles.